The third-order valence-electron chi connectivity index (χ3n) is 4.43. The van der Waals surface area contributed by atoms with Crippen molar-refractivity contribution in [2.24, 2.45) is 0 Å². The number of hydrogen-bond acceptors (Lipinski definition) is 4. The lowest BCUT2D eigenvalue weighted by atomic mass is 10.0. The Kier molecular flexibility index (Phi) is 4.87. The zero-order valence-electron chi connectivity index (χ0n) is 14.5. The summed E-state index contributed by atoms with van der Waals surface area (Å²) in [6, 6.07) is 18.5. The minimum Gasteiger partial charge on any atom is -0.368 e. The van der Waals surface area contributed by atoms with E-state index in [9.17, 15) is 0 Å². The predicted molar refractivity (Wildman–Crippen MR) is 105 cm³/mol. The number of imidazole rings is 1. The molecule has 0 fully saturated rings. The van der Waals surface area contributed by atoms with Gasteiger partial charge in [0, 0.05) is 41.8 Å². The molecule has 0 spiro atoms. The van der Waals surface area contributed by atoms with Crippen LogP contribution in [0.2, 0.25) is 0 Å². The van der Waals surface area contributed by atoms with Crippen molar-refractivity contribution in [1.29, 1.82) is 0 Å². The number of anilines is 1. The van der Waals surface area contributed by atoms with E-state index in [0.717, 1.165) is 53.8 Å². The second-order valence-electron chi connectivity index (χ2n) is 6.24. The van der Waals surface area contributed by atoms with Crippen LogP contribution in [0.4, 0.5) is 5.82 Å². The number of fused-ring (bicyclic) bond motifs is 1. The highest BCUT2D eigenvalue weighted by atomic mass is 15.2. The van der Waals surface area contributed by atoms with Crippen molar-refractivity contribution in [2.45, 2.75) is 19.4 Å². The molecule has 0 aliphatic rings. The minimum absolute atomic E-state index is 0.850. The number of hydrogen-bond donors (Lipinski definition) is 1. The number of nitrogens with one attached hydrogen (secondary N) is 1. The molecule has 1 N–H and O–H groups in total. The molecule has 0 saturated carbocycles. The van der Waals surface area contributed by atoms with Crippen LogP contribution in [0.25, 0.3) is 22.0 Å². The predicted octanol–water partition coefficient (Wildman–Crippen LogP) is 4.39. The summed E-state index contributed by atoms with van der Waals surface area (Å²) < 4.78 is 2.10. The van der Waals surface area contributed by atoms with E-state index in [1.54, 1.807) is 0 Å². The van der Waals surface area contributed by atoms with Crippen molar-refractivity contribution in [1.82, 2.24) is 19.7 Å². The summed E-state index contributed by atoms with van der Waals surface area (Å²) in [5.41, 5.74) is 2.01. The van der Waals surface area contributed by atoms with Gasteiger partial charge in [0.2, 0.25) is 0 Å². The molecule has 0 amide bonds. The highest BCUT2D eigenvalue weighted by Crippen LogP contribution is 2.29. The maximum absolute atomic E-state index is 4.49. The van der Waals surface area contributed by atoms with Gasteiger partial charge in [0.05, 0.1) is 6.33 Å². The van der Waals surface area contributed by atoms with Crippen LogP contribution in [0.15, 0.2) is 73.3 Å². The van der Waals surface area contributed by atoms with Gasteiger partial charge in [-0.1, -0.05) is 54.6 Å². The van der Waals surface area contributed by atoms with E-state index in [-0.39, 0.29) is 0 Å². The fourth-order valence-electron chi connectivity index (χ4n) is 3.09. The number of benzene rings is 2. The molecule has 0 aliphatic carbocycles. The van der Waals surface area contributed by atoms with Gasteiger partial charge in [-0.25, -0.2) is 4.98 Å². The third kappa shape index (κ3) is 3.57. The first-order chi connectivity index (χ1) is 12.9. The molecular weight excluding hydrogens is 322 g/mol. The van der Waals surface area contributed by atoms with Crippen molar-refractivity contribution in [3.05, 3.63) is 73.3 Å². The number of aryl methyl sites for hydroxylation is 1. The first kappa shape index (κ1) is 16.3. The average molecular weight is 343 g/mol. The fourth-order valence-corrected chi connectivity index (χ4v) is 3.09. The highest BCUT2D eigenvalue weighted by Gasteiger charge is 2.10. The second kappa shape index (κ2) is 7.78. The van der Waals surface area contributed by atoms with E-state index in [0.29, 0.717) is 0 Å². The van der Waals surface area contributed by atoms with E-state index in [2.05, 4.69) is 49.3 Å². The SMILES string of the molecule is c1ccc(-c2nnc(NCCCCn3ccnc3)c3ccccc23)cc1. The number of aromatic nitrogens is 4. The Hall–Kier alpha value is -3.21. The Morgan fingerprint density at radius 2 is 1.65 bits per heavy atom. The molecule has 2 aromatic heterocycles. The van der Waals surface area contributed by atoms with Crippen LogP contribution in [-0.2, 0) is 6.54 Å². The molecule has 2 aromatic carbocycles. The number of nitrogens with zero attached hydrogens (tertiary/aromatic N) is 4. The average Bonchev–Trinajstić information content (AvgIpc) is 3.22. The summed E-state index contributed by atoms with van der Waals surface area (Å²) >= 11 is 0. The largest absolute Gasteiger partial charge is 0.368 e. The molecule has 0 atom stereocenters. The quantitative estimate of drug-likeness (QED) is 0.506. The minimum atomic E-state index is 0.850. The van der Waals surface area contributed by atoms with Gasteiger partial charge in [0.1, 0.15) is 5.69 Å². The van der Waals surface area contributed by atoms with Gasteiger partial charge in [-0.3, -0.25) is 0 Å². The Labute approximate surface area is 152 Å². The monoisotopic (exact) mass is 343 g/mol. The van der Waals surface area contributed by atoms with Crippen LogP contribution >= 0.6 is 0 Å². The normalized spacial score (nSPS) is 10.9. The molecule has 0 saturated heterocycles. The van der Waals surface area contributed by atoms with Gasteiger partial charge in [0.25, 0.3) is 0 Å². The van der Waals surface area contributed by atoms with E-state index in [1.165, 1.54) is 0 Å². The summed E-state index contributed by atoms with van der Waals surface area (Å²) in [7, 11) is 0. The van der Waals surface area contributed by atoms with Crippen molar-refractivity contribution in [2.75, 3.05) is 11.9 Å². The lowest BCUT2D eigenvalue weighted by Crippen LogP contribution is -2.07. The smallest absolute Gasteiger partial charge is 0.156 e. The molecule has 0 radical (unpaired) electrons. The van der Waals surface area contributed by atoms with Crippen LogP contribution in [0.1, 0.15) is 12.8 Å². The van der Waals surface area contributed by atoms with Crippen LogP contribution in [0.3, 0.4) is 0 Å². The Balaban J connectivity index is 1.48. The topological polar surface area (TPSA) is 55.6 Å². The summed E-state index contributed by atoms with van der Waals surface area (Å²) in [6.07, 6.45) is 7.82. The van der Waals surface area contributed by atoms with Crippen molar-refractivity contribution < 1.29 is 0 Å². The molecular formula is C21H21N5. The fraction of sp³-hybridized carbons (Fsp3) is 0.190. The number of unbranched alkanes of at least 4 members (excludes halogenated alkanes) is 1. The Bertz CT molecular complexity index is 964. The second-order valence-corrected chi connectivity index (χ2v) is 6.24. The van der Waals surface area contributed by atoms with E-state index >= 15 is 0 Å². The first-order valence-corrected chi connectivity index (χ1v) is 8.92. The Morgan fingerprint density at radius 1 is 0.846 bits per heavy atom. The molecule has 0 unspecified atom stereocenters. The van der Waals surface area contributed by atoms with Gasteiger partial charge < -0.3 is 9.88 Å². The molecule has 2 heterocycles. The molecule has 4 rings (SSSR count). The zero-order chi connectivity index (χ0) is 17.6. The summed E-state index contributed by atoms with van der Waals surface area (Å²) in [6.45, 7) is 1.86. The van der Waals surface area contributed by atoms with Crippen LogP contribution < -0.4 is 5.32 Å². The highest BCUT2D eigenvalue weighted by molar-refractivity contribution is 5.99. The first-order valence-electron chi connectivity index (χ1n) is 8.92. The summed E-state index contributed by atoms with van der Waals surface area (Å²) in [4.78, 5) is 4.07. The van der Waals surface area contributed by atoms with Gasteiger partial charge >= 0.3 is 0 Å². The van der Waals surface area contributed by atoms with Crippen molar-refractivity contribution in [3.63, 3.8) is 0 Å². The lowest BCUT2D eigenvalue weighted by molar-refractivity contribution is 0.620. The van der Waals surface area contributed by atoms with Gasteiger partial charge in [-0.05, 0) is 12.8 Å². The molecule has 130 valence electrons. The molecule has 4 aromatic rings. The maximum atomic E-state index is 4.49. The zero-order valence-corrected chi connectivity index (χ0v) is 14.5. The third-order valence-corrected chi connectivity index (χ3v) is 4.43. The lowest BCUT2D eigenvalue weighted by Gasteiger charge is -2.11. The summed E-state index contributed by atoms with van der Waals surface area (Å²) in [5.74, 6) is 0.850. The molecule has 5 nitrogen and oxygen atoms in total. The van der Waals surface area contributed by atoms with E-state index < -0.39 is 0 Å². The van der Waals surface area contributed by atoms with E-state index in [4.69, 9.17) is 0 Å². The van der Waals surface area contributed by atoms with Gasteiger partial charge in [0.15, 0.2) is 5.82 Å². The summed E-state index contributed by atoms with van der Waals surface area (Å²) in [5, 5.41) is 14.6. The van der Waals surface area contributed by atoms with Gasteiger partial charge in [-0.15, -0.1) is 10.2 Å². The Morgan fingerprint density at radius 3 is 2.46 bits per heavy atom. The molecule has 26 heavy (non-hydrogen) atoms. The molecule has 5 heteroatoms. The van der Waals surface area contributed by atoms with Crippen LogP contribution in [-0.4, -0.2) is 26.3 Å². The van der Waals surface area contributed by atoms with Crippen LogP contribution in [0.5, 0.6) is 0 Å². The standard InChI is InChI=1S/C21H21N5/c1-2-8-17(9-3-1)20-18-10-4-5-11-19(18)21(25-24-20)23-12-6-7-14-26-15-13-22-16-26/h1-5,8-11,13,15-16H,6-7,12,14H2,(H,23,25). The van der Waals surface area contributed by atoms with E-state index in [1.807, 2.05) is 49.1 Å². The maximum Gasteiger partial charge on any atom is 0.156 e. The molecule has 0 aliphatic heterocycles. The van der Waals surface area contributed by atoms with Gasteiger partial charge in [-0.2, -0.15) is 0 Å². The van der Waals surface area contributed by atoms with Crippen molar-refractivity contribution >= 4 is 16.6 Å². The molecule has 0 bridgehead atoms. The van der Waals surface area contributed by atoms with Crippen LogP contribution in [0, 0.1) is 0 Å². The van der Waals surface area contributed by atoms with Crippen molar-refractivity contribution in [3.8, 4) is 11.3 Å². The number of rotatable bonds is 7.